The molecule has 1 fully saturated rings. The van der Waals surface area contributed by atoms with Gasteiger partial charge < -0.3 is 4.90 Å². The Morgan fingerprint density at radius 1 is 0.962 bits per heavy atom. The Kier molecular flexibility index (Phi) is 5.84. The average molecular weight is 393 g/mol. The van der Waals surface area contributed by atoms with E-state index in [1.54, 1.807) is 24.3 Å². The van der Waals surface area contributed by atoms with Crippen LogP contribution in [0.5, 0.6) is 0 Å². The van der Waals surface area contributed by atoms with Gasteiger partial charge in [0.2, 0.25) is 0 Å². The molecule has 1 amide bonds. The number of benzene rings is 2. The number of anilines is 1. The average Bonchev–Trinajstić information content (AvgIpc) is 2.91. The Labute approximate surface area is 159 Å². The second-order valence-electron chi connectivity index (χ2n) is 6.35. The first-order chi connectivity index (χ1) is 12.5. The number of hydrogen-bond donors (Lipinski definition) is 1. The van der Waals surface area contributed by atoms with Crippen LogP contribution in [-0.2, 0) is 10.0 Å². The van der Waals surface area contributed by atoms with Crippen LogP contribution < -0.4 is 4.72 Å². The van der Waals surface area contributed by atoms with Crippen LogP contribution in [-0.4, -0.2) is 32.3 Å². The third-order valence-corrected chi connectivity index (χ3v) is 6.03. The van der Waals surface area contributed by atoms with Gasteiger partial charge in [-0.2, -0.15) is 0 Å². The zero-order valence-electron chi connectivity index (χ0n) is 14.3. The first kappa shape index (κ1) is 18.7. The van der Waals surface area contributed by atoms with Gasteiger partial charge in [-0.15, -0.1) is 0 Å². The number of halogens is 1. The van der Waals surface area contributed by atoms with Crippen molar-refractivity contribution in [2.75, 3.05) is 17.8 Å². The summed E-state index contributed by atoms with van der Waals surface area (Å²) in [6.45, 7) is 1.50. The minimum absolute atomic E-state index is 0.0561. The van der Waals surface area contributed by atoms with E-state index in [0.717, 1.165) is 38.8 Å². The molecule has 0 aliphatic carbocycles. The van der Waals surface area contributed by atoms with Crippen molar-refractivity contribution >= 4 is 33.2 Å². The molecule has 5 nitrogen and oxygen atoms in total. The molecule has 2 aromatic carbocycles. The van der Waals surface area contributed by atoms with Crippen LogP contribution in [0.4, 0.5) is 5.69 Å². The van der Waals surface area contributed by atoms with Gasteiger partial charge in [0, 0.05) is 29.4 Å². The van der Waals surface area contributed by atoms with Crippen LogP contribution in [0, 0.1) is 0 Å². The Balaban J connectivity index is 1.78. The zero-order chi connectivity index (χ0) is 18.6. The molecule has 0 spiro atoms. The van der Waals surface area contributed by atoms with E-state index >= 15 is 0 Å². The summed E-state index contributed by atoms with van der Waals surface area (Å²) in [5, 5.41) is 0.467. The SMILES string of the molecule is O=C(c1cccc(NS(=O)(=O)c2ccc(Cl)cc2)c1)N1CCCCCC1. The Morgan fingerprint density at radius 2 is 1.62 bits per heavy atom. The number of amides is 1. The molecule has 138 valence electrons. The van der Waals surface area contributed by atoms with E-state index in [1.807, 2.05) is 4.90 Å². The third kappa shape index (κ3) is 4.56. The predicted molar refractivity (Wildman–Crippen MR) is 103 cm³/mol. The Bertz CT molecular complexity index is 874. The van der Waals surface area contributed by atoms with Crippen molar-refractivity contribution in [3.63, 3.8) is 0 Å². The first-order valence-electron chi connectivity index (χ1n) is 8.63. The quantitative estimate of drug-likeness (QED) is 0.849. The summed E-state index contributed by atoms with van der Waals surface area (Å²) in [5.74, 6) is -0.0561. The van der Waals surface area contributed by atoms with Gasteiger partial charge >= 0.3 is 0 Å². The molecular formula is C19H21ClN2O3S. The second kappa shape index (κ2) is 8.10. The molecule has 2 aromatic rings. The van der Waals surface area contributed by atoms with E-state index in [2.05, 4.69) is 4.72 Å². The summed E-state index contributed by atoms with van der Waals surface area (Å²) >= 11 is 5.81. The molecule has 0 aromatic heterocycles. The Hall–Kier alpha value is -2.05. The predicted octanol–water partition coefficient (Wildman–Crippen LogP) is 4.16. The number of carbonyl (C=O) groups is 1. The van der Waals surface area contributed by atoms with Gasteiger partial charge in [-0.25, -0.2) is 8.42 Å². The summed E-state index contributed by atoms with van der Waals surface area (Å²) in [6.07, 6.45) is 4.30. The maximum absolute atomic E-state index is 12.7. The van der Waals surface area contributed by atoms with E-state index in [9.17, 15) is 13.2 Å². The van der Waals surface area contributed by atoms with E-state index in [-0.39, 0.29) is 10.8 Å². The van der Waals surface area contributed by atoms with Gasteiger partial charge in [-0.1, -0.05) is 30.5 Å². The lowest BCUT2D eigenvalue weighted by Crippen LogP contribution is -2.31. The van der Waals surface area contributed by atoms with Crippen molar-refractivity contribution in [3.05, 3.63) is 59.1 Å². The fraction of sp³-hybridized carbons (Fsp3) is 0.316. The number of likely N-dealkylation sites (tertiary alicyclic amines) is 1. The normalized spacial score (nSPS) is 15.3. The fourth-order valence-corrected chi connectivity index (χ4v) is 4.18. The van der Waals surface area contributed by atoms with Crippen molar-refractivity contribution in [2.45, 2.75) is 30.6 Å². The number of sulfonamides is 1. The van der Waals surface area contributed by atoms with Crippen LogP contribution in [0.25, 0.3) is 0 Å². The van der Waals surface area contributed by atoms with Gasteiger partial charge in [0.15, 0.2) is 0 Å². The number of nitrogens with one attached hydrogen (secondary N) is 1. The van der Waals surface area contributed by atoms with E-state index in [4.69, 9.17) is 11.6 Å². The van der Waals surface area contributed by atoms with Gasteiger partial charge in [0.1, 0.15) is 0 Å². The topological polar surface area (TPSA) is 66.5 Å². The van der Waals surface area contributed by atoms with Crippen LogP contribution in [0.2, 0.25) is 5.02 Å². The molecule has 0 atom stereocenters. The van der Waals surface area contributed by atoms with Crippen LogP contribution in [0.15, 0.2) is 53.4 Å². The summed E-state index contributed by atoms with van der Waals surface area (Å²) in [5.41, 5.74) is 0.851. The highest BCUT2D eigenvalue weighted by molar-refractivity contribution is 7.92. The number of hydrogen-bond acceptors (Lipinski definition) is 3. The molecule has 3 rings (SSSR count). The lowest BCUT2D eigenvalue weighted by atomic mass is 10.1. The van der Waals surface area contributed by atoms with Crippen molar-refractivity contribution < 1.29 is 13.2 Å². The second-order valence-corrected chi connectivity index (χ2v) is 8.47. The lowest BCUT2D eigenvalue weighted by molar-refractivity contribution is 0.0761. The molecule has 0 unspecified atom stereocenters. The van der Waals surface area contributed by atoms with E-state index in [1.165, 1.54) is 24.3 Å². The molecule has 0 bridgehead atoms. The summed E-state index contributed by atoms with van der Waals surface area (Å²) in [4.78, 5) is 14.7. The molecule has 7 heteroatoms. The van der Waals surface area contributed by atoms with Crippen LogP contribution >= 0.6 is 11.6 Å². The summed E-state index contributed by atoms with van der Waals surface area (Å²) < 4.78 is 27.5. The fourth-order valence-electron chi connectivity index (χ4n) is 3.00. The molecule has 1 heterocycles. The van der Waals surface area contributed by atoms with Crippen molar-refractivity contribution in [1.82, 2.24) is 4.90 Å². The minimum atomic E-state index is -3.74. The standard InChI is InChI=1S/C19H21ClN2O3S/c20-16-8-10-18(11-9-16)26(24,25)21-17-7-5-6-15(14-17)19(23)22-12-3-1-2-4-13-22/h5-11,14,21H,1-4,12-13H2. The minimum Gasteiger partial charge on any atom is -0.339 e. The largest absolute Gasteiger partial charge is 0.339 e. The first-order valence-corrected chi connectivity index (χ1v) is 10.5. The maximum Gasteiger partial charge on any atom is 0.261 e. The van der Waals surface area contributed by atoms with Gasteiger partial charge in [-0.05, 0) is 55.3 Å². The molecular weight excluding hydrogens is 372 g/mol. The molecule has 1 N–H and O–H groups in total. The number of nitrogens with zero attached hydrogens (tertiary/aromatic N) is 1. The molecule has 0 saturated carbocycles. The third-order valence-electron chi connectivity index (χ3n) is 4.38. The van der Waals surface area contributed by atoms with Crippen molar-refractivity contribution in [2.24, 2.45) is 0 Å². The number of carbonyl (C=O) groups excluding carboxylic acids is 1. The molecule has 1 aliphatic rings. The lowest BCUT2D eigenvalue weighted by Gasteiger charge is -2.20. The van der Waals surface area contributed by atoms with Crippen LogP contribution in [0.1, 0.15) is 36.0 Å². The molecule has 1 aliphatic heterocycles. The molecule has 1 saturated heterocycles. The van der Waals surface area contributed by atoms with E-state index in [0.29, 0.717) is 16.3 Å². The van der Waals surface area contributed by atoms with Crippen molar-refractivity contribution in [1.29, 1.82) is 0 Å². The van der Waals surface area contributed by atoms with Gasteiger partial charge in [0.05, 0.1) is 4.90 Å². The monoisotopic (exact) mass is 392 g/mol. The highest BCUT2D eigenvalue weighted by Crippen LogP contribution is 2.20. The smallest absolute Gasteiger partial charge is 0.261 e. The summed E-state index contributed by atoms with van der Waals surface area (Å²) in [6, 6.07) is 12.5. The zero-order valence-corrected chi connectivity index (χ0v) is 15.9. The maximum atomic E-state index is 12.7. The molecule has 26 heavy (non-hydrogen) atoms. The van der Waals surface area contributed by atoms with Gasteiger partial charge in [0.25, 0.3) is 15.9 Å². The van der Waals surface area contributed by atoms with E-state index < -0.39 is 10.0 Å². The van der Waals surface area contributed by atoms with Crippen LogP contribution in [0.3, 0.4) is 0 Å². The molecule has 0 radical (unpaired) electrons. The van der Waals surface area contributed by atoms with Gasteiger partial charge in [-0.3, -0.25) is 9.52 Å². The van der Waals surface area contributed by atoms with Crippen molar-refractivity contribution in [3.8, 4) is 0 Å². The summed E-state index contributed by atoms with van der Waals surface area (Å²) in [7, 11) is -3.74. The highest BCUT2D eigenvalue weighted by atomic mass is 35.5. The Morgan fingerprint density at radius 3 is 2.27 bits per heavy atom. The highest BCUT2D eigenvalue weighted by Gasteiger charge is 2.19. The number of rotatable bonds is 4.